The number of hydrogen-bond donors (Lipinski definition) is 0. The third kappa shape index (κ3) is 1.61. The highest BCUT2D eigenvalue weighted by atomic mass is 16.6. The van der Waals surface area contributed by atoms with E-state index >= 15 is 0 Å². The van der Waals surface area contributed by atoms with Crippen molar-refractivity contribution in [2.45, 2.75) is 12.8 Å². The van der Waals surface area contributed by atoms with Gasteiger partial charge < -0.3 is 4.74 Å². The Labute approximate surface area is 143 Å². The fraction of sp³-hybridized carbons (Fsp3) is 0.444. The van der Waals surface area contributed by atoms with Gasteiger partial charge in [-0.15, -0.1) is 0 Å². The van der Waals surface area contributed by atoms with E-state index in [1.807, 2.05) is 0 Å². The maximum absolute atomic E-state index is 13.0. The van der Waals surface area contributed by atoms with Crippen LogP contribution in [0.4, 0.5) is 11.4 Å². The number of carbonyl (C=O) groups excluding carboxylic acids is 2. The predicted octanol–water partition coefficient (Wildman–Crippen LogP) is 2.30. The molecule has 1 aromatic carbocycles. The quantitative estimate of drug-likeness (QED) is 0.364. The molecular weight excluding hydrogens is 324 g/mol. The van der Waals surface area contributed by atoms with Crippen LogP contribution in [0, 0.1) is 39.2 Å². The molecule has 0 N–H and O–H groups in total. The van der Waals surface area contributed by atoms with Crippen LogP contribution in [0.25, 0.3) is 0 Å². The molecule has 128 valence electrons. The van der Waals surface area contributed by atoms with Gasteiger partial charge in [0.1, 0.15) is 11.4 Å². The normalized spacial score (nSPS) is 33.2. The number of anilines is 1. The molecule has 0 aromatic heterocycles. The van der Waals surface area contributed by atoms with E-state index in [-0.39, 0.29) is 52.3 Å². The topological polar surface area (TPSA) is 89.8 Å². The van der Waals surface area contributed by atoms with Crippen LogP contribution in [0.5, 0.6) is 5.75 Å². The summed E-state index contributed by atoms with van der Waals surface area (Å²) in [6.07, 6.45) is 6.28. The Morgan fingerprint density at radius 3 is 2.24 bits per heavy atom. The second-order valence-corrected chi connectivity index (χ2v) is 7.34. The standard InChI is InChI=1S/C18H16N2O5/c1-25-9-2-5-12(13(8-9)20(23)24)19-16(21)14-10-3-4-11(15(14)17(19)22)18(10)6-7-18/h2-5,8,10-11,14-15H,6-7H2,1H3/t10-,11-,14+,15+/m1/s1. The van der Waals surface area contributed by atoms with Crippen LogP contribution in [0.15, 0.2) is 30.4 Å². The predicted molar refractivity (Wildman–Crippen MR) is 86.9 cm³/mol. The average Bonchev–Trinajstić information content (AvgIpc) is 3.20. The zero-order valence-electron chi connectivity index (χ0n) is 13.5. The summed E-state index contributed by atoms with van der Waals surface area (Å²) in [5.41, 5.74) is -0.139. The Morgan fingerprint density at radius 2 is 1.76 bits per heavy atom. The van der Waals surface area contributed by atoms with Gasteiger partial charge >= 0.3 is 0 Å². The molecule has 1 spiro atoms. The van der Waals surface area contributed by atoms with Gasteiger partial charge in [0, 0.05) is 0 Å². The summed E-state index contributed by atoms with van der Waals surface area (Å²) in [5.74, 6) is -0.827. The van der Waals surface area contributed by atoms with E-state index in [4.69, 9.17) is 4.74 Å². The highest BCUT2D eigenvalue weighted by Crippen LogP contribution is 2.73. The molecule has 5 rings (SSSR count). The molecule has 1 heterocycles. The SMILES string of the molecule is COc1ccc(N2C(=O)[C@@H]3[C@@H](C2=O)[C@H]2C=C[C@H]3C23CC3)c([N+](=O)[O-])c1. The minimum Gasteiger partial charge on any atom is -0.496 e. The Balaban J connectivity index is 1.59. The van der Waals surface area contributed by atoms with E-state index in [9.17, 15) is 19.7 Å². The number of methoxy groups -OCH3 is 1. The zero-order chi connectivity index (χ0) is 17.5. The van der Waals surface area contributed by atoms with Gasteiger partial charge in [0.2, 0.25) is 11.8 Å². The first-order valence-corrected chi connectivity index (χ1v) is 8.38. The number of ether oxygens (including phenoxy) is 1. The van der Waals surface area contributed by atoms with Crippen LogP contribution < -0.4 is 9.64 Å². The van der Waals surface area contributed by atoms with E-state index in [0.29, 0.717) is 5.75 Å². The molecular formula is C18H16N2O5. The number of imide groups is 1. The van der Waals surface area contributed by atoms with Gasteiger partial charge in [-0.2, -0.15) is 0 Å². The molecule has 3 fully saturated rings. The summed E-state index contributed by atoms with van der Waals surface area (Å²) < 4.78 is 5.03. The Morgan fingerprint density at radius 1 is 1.16 bits per heavy atom. The van der Waals surface area contributed by atoms with E-state index in [0.717, 1.165) is 17.7 Å². The van der Waals surface area contributed by atoms with Gasteiger partial charge in [-0.3, -0.25) is 19.7 Å². The summed E-state index contributed by atoms with van der Waals surface area (Å²) in [6.45, 7) is 0. The first kappa shape index (κ1) is 14.6. The lowest BCUT2D eigenvalue weighted by molar-refractivity contribution is -0.384. The monoisotopic (exact) mass is 340 g/mol. The molecule has 7 nitrogen and oxygen atoms in total. The van der Waals surface area contributed by atoms with Crippen molar-refractivity contribution in [3.05, 3.63) is 40.5 Å². The Hall–Kier alpha value is -2.70. The lowest BCUT2D eigenvalue weighted by Crippen LogP contribution is -2.35. The molecule has 3 aliphatic carbocycles. The van der Waals surface area contributed by atoms with Crippen LogP contribution in [0.3, 0.4) is 0 Å². The van der Waals surface area contributed by atoms with Crippen molar-refractivity contribution < 1.29 is 19.2 Å². The summed E-state index contributed by atoms with van der Waals surface area (Å²) >= 11 is 0. The zero-order valence-corrected chi connectivity index (χ0v) is 13.5. The highest BCUT2D eigenvalue weighted by molar-refractivity contribution is 6.24. The number of amides is 2. The highest BCUT2D eigenvalue weighted by Gasteiger charge is 2.73. The van der Waals surface area contributed by atoms with Crippen molar-refractivity contribution in [2.75, 3.05) is 12.0 Å². The molecule has 0 radical (unpaired) electrons. The second-order valence-electron chi connectivity index (χ2n) is 7.34. The first-order chi connectivity index (χ1) is 12.0. The molecule has 2 bridgehead atoms. The number of carbonyl (C=O) groups is 2. The molecule has 4 atom stereocenters. The number of nitrogens with zero attached hydrogens (tertiary/aromatic N) is 2. The molecule has 1 aliphatic heterocycles. The minimum atomic E-state index is -0.582. The summed E-state index contributed by atoms with van der Waals surface area (Å²) in [5, 5.41) is 11.4. The number of fused-ring (bicyclic) bond motifs is 3. The van der Waals surface area contributed by atoms with E-state index in [2.05, 4.69) is 12.2 Å². The third-order valence-electron chi connectivity index (χ3n) is 6.47. The molecule has 2 saturated carbocycles. The van der Waals surface area contributed by atoms with Crippen molar-refractivity contribution in [3.63, 3.8) is 0 Å². The summed E-state index contributed by atoms with van der Waals surface area (Å²) in [6, 6.07) is 4.21. The summed E-state index contributed by atoms with van der Waals surface area (Å²) in [4.78, 5) is 38.0. The van der Waals surface area contributed by atoms with Crippen LogP contribution in [-0.2, 0) is 9.59 Å². The molecule has 4 aliphatic rings. The van der Waals surface area contributed by atoms with Gasteiger partial charge in [-0.1, -0.05) is 12.2 Å². The van der Waals surface area contributed by atoms with Crippen molar-refractivity contribution >= 4 is 23.2 Å². The van der Waals surface area contributed by atoms with E-state index < -0.39 is 4.92 Å². The minimum absolute atomic E-state index is 0.0412. The molecule has 0 unspecified atom stereocenters. The van der Waals surface area contributed by atoms with Crippen molar-refractivity contribution in [1.82, 2.24) is 0 Å². The van der Waals surface area contributed by atoms with Crippen molar-refractivity contribution in [3.8, 4) is 5.75 Å². The molecule has 7 heteroatoms. The Kier molecular flexibility index (Phi) is 2.62. The van der Waals surface area contributed by atoms with Gasteiger partial charge in [0.15, 0.2) is 0 Å². The smallest absolute Gasteiger partial charge is 0.297 e. The van der Waals surface area contributed by atoms with Gasteiger partial charge in [0.25, 0.3) is 5.69 Å². The number of nitro groups is 1. The van der Waals surface area contributed by atoms with Gasteiger partial charge in [0.05, 0.1) is 29.9 Å². The van der Waals surface area contributed by atoms with Gasteiger partial charge in [-0.05, 0) is 42.2 Å². The maximum atomic E-state index is 13.0. The number of nitro benzene ring substituents is 1. The third-order valence-corrected chi connectivity index (χ3v) is 6.47. The molecule has 1 saturated heterocycles. The van der Waals surface area contributed by atoms with Crippen LogP contribution in [-0.4, -0.2) is 23.8 Å². The number of benzene rings is 1. The summed E-state index contributed by atoms with van der Waals surface area (Å²) in [7, 11) is 1.41. The number of allylic oxidation sites excluding steroid dienone is 2. The Bertz CT molecular complexity index is 838. The van der Waals surface area contributed by atoms with Crippen molar-refractivity contribution in [1.29, 1.82) is 0 Å². The number of hydrogen-bond acceptors (Lipinski definition) is 5. The van der Waals surface area contributed by atoms with Crippen LogP contribution in [0.1, 0.15) is 12.8 Å². The van der Waals surface area contributed by atoms with Crippen LogP contribution in [0.2, 0.25) is 0 Å². The lowest BCUT2D eigenvalue weighted by atomic mass is 9.85. The second kappa shape index (κ2) is 4.47. The van der Waals surface area contributed by atoms with E-state index in [1.165, 1.54) is 25.3 Å². The molecule has 1 aromatic rings. The average molecular weight is 340 g/mol. The molecule has 25 heavy (non-hydrogen) atoms. The lowest BCUT2D eigenvalue weighted by Gasteiger charge is -2.21. The maximum Gasteiger partial charge on any atom is 0.297 e. The largest absolute Gasteiger partial charge is 0.496 e. The number of rotatable bonds is 3. The first-order valence-electron chi connectivity index (χ1n) is 8.38. The van der Waals surface area contributed by atoms with Crippen molar-refractivity contribution in [2.24, 2.45) is 29.1 Å². The van der Waals surface area contributed by atoms with Crippen LogP contribution >= 0.6 is 0 Å². The molecule has 2 amide bonds. The fourth-order valence-corrected chi connectivity index (χ4v) is 5.28. The van der Waals surface area contributed by atoms with Gasteiger partial charge in [-0.25, -0.2) is 4.90 Å². The van der Waals surface area contributed by atoms with E-state index in [1.54, 1.807) is 0 Å². The fourth-order valence-electron chi connectivity index (χ4n) is 5.28.